The first-order valence-corrected chi connectivity index (χ1v) is 2.48. The first-order chi connectivity index (χ1) is 4.33. The second-order valence-electron chi connectivity index (χ2n) is 1.65. The molecule has 4 heteroatoms. The maximum Gasteiger partial charge on any atom is 0.315 e. The number of nitrogens with zero attached hydrogens (tertiary/aromatic N) is 1. The number of hydrogen-bond acceptors (Lipinski definition) is 2. The molecule has 0 aromatic carbocycles. The van der Waals surface area contributed by atoms with E-state index in [2.05, 4.69) is 15.5 Å². The largest absolute Gasteiger partial charge is 0.315 e. The maximum atomic E-state index is 9.70. The minimum atomic E-state index is 0.572. The first kappa shape index (κ1) is 5.81. The van der Waals surface area contributed by atoms with Gasteiger partial charge in [-0.15, -0.1) is 0 Å². The Morgan fingerprint density at radius 1 is 1.89 bits per heavy atom. The van der Waals surface area contributed by atoms with E-state index in [-0.39, 0.29) is 0 Å². The molecule has 1 rings (SSSR count). The summed E-state index contributed by atoms with van der Waals surface area (Å²) in [6.07, 6.45) is 1.53. The molecule has 47 valence electrons. The topological polar surface area (TPSA) is 57.8 Å². The van der Waals surface area contributed by atoms with E-state index in [0.717, 1.165) is 5.69 Å². The van der Waals surface area contributed by atoms with Crippen molar-refractivity contribution in [3.05, 3.63) is 11.8 Å². The highest BCUT2D eigenvalue weighted by Gasteiger charge is 1.91. The summed E-state index contributed by atoms with van der Waals surface area (Å²) in [6, 6.07) is 1.71. The number of rotatable bonds is 2. The van der Waals surface area contributed by atoms with Gasteiger partial charge in [0.2, 0.25) is 0 Å². The van der Waals surface area contributed by atoms with Gasteiger partial charge in [0, 0.05) is 6.07 Å². The highest BCUT2D eigenvalue weighted by molar-refractivity contribution is 5.69. The van der Waals surface area contributed by atoms with Crippen molar-refractivity contribution in [2.24, 2.45) is 0 Å². The van der Waals surface area contributed by atoms with Crippen LogP contribution in [0.2, 0.25) is 0 Å². The molecule has 0 fully saturated rings. The Hall–Kier alpha value is -1.32. The molecule has 1 heterocycles. The minimum Gasteiger partial charge on any atom is -0.303 e. The van der Waals surface area contributed by atoms with E-state index in [0.29, 0.717) is 5.82 Å². The van der Waals surface area contributed by atoms with E-state index in [1.807, 2.05) is 6.92 Å². The van der Waals surface area contributed by atoms with Gasteiger partial charge in [-0.1, -0.05) is 0 Å². The molecule has 1 aromatic heterocycles. The van der Waals surface area contributed by atoms with Crippen LogP contribution in [0.3, 0.4) is 0 Å². The van der Waals surface area contributed by atoms with Gasteiger partial charge in [-0.05, 0) is 6.92 Å². The molecule has 4 nitrogen and oxygen atoms in total. The van der Waals surface area contributed by atoms with Gasteiger partial charge in [-0.25, -0.2) is 0 Å². The van der Waals surface area contributed by atoms with Crippen LogP contribution in [-0.4, -0.2) is 16.6 Å². The molecule has 0 atom stereocenters. The average molecular weight is 124 g/mol. The molecule has 0 spiro atoms. The van der Waals surface area contributed by atoms with Crippen molar-refractivity contribution in [3.8, 4) is 0 Å². The van der Waals surface area contributed by atoms with Crippen LogP contribution in [0.5, 0.6) is 0 Å². The smallest absolute Gasteiger partial charge is 0.303 e. The number of aryl methyl sites for hydroxylation is 1. The lowest BCUT2D eigenvalue weighted by Gasteiger charge is -1.83. The van der Waals surface area contributed by atoms with Gasteiger partial charge >= 0.3 is 6.41 Å². The van der Waals surface area contributed by atoms with Crippen LogP contribution in [0.1, 0.15) is 5.69 Å². The molecule has 0 aliphatic rings. The predicted molar refractivity (Wildman–Crippen MR) is 32.6 cm³/mol. The summed E-state index contributed by atoms with van der Waals surface area (Å²) in [4.78, 5) is 9.70. The van der Waals surface area contributed by atoms with Crippen molar-refractivity contribution in [1.82, 2.24) is 10.2 Å². The van der Waals surface area contributed by atoms with Crippen molar-refractivity contribution in [2.45, 2.75) is 6.92 Å². The van der Waals surface area contributed by atoms with Crippen LogP contribution >= 0.6 is 0 Å². The predicted octanol–water partition coefficient (Wildman–Crippen LogP) is 0.197. The monoisotopic (exact) mass is 124 g/mol. The van der Waals surface area contributed by atoms with Crippen LogP contribution in [0.25, 0.3) is 0 Å². The Bertz CT molecular complexity index is 206. The molecule has 0 bridgehead atoms. The maximum absolute atomic E-state index is 9.70. The quantitative estimate of drug-likeness (QED) is 0.553. The zero-order chi connectivity index (χ0) is 6.69. The van der Waals surface area contributed by atoms with Crippen molar-refractivity contribution in [2.75, 3.05) is 5.32 Å². The summed E-state index contributed by atoms with van der Waals surface area (Å²) in [6.45, 7) is 1.83. The standard InChI is InChI=1S/C5H6N3O/c1-4-2-5(6-3-9)8-7-4/h2H,1H3,(H2,6,7,8,9). The van der Waals surface area contributed by atoms with Crippen LogP contribution < -0.4 is 5.32 Å². The molecule has 9 heavy (non-hydrogen) atoms. The lowest BCUT2D eigenvalue weighted by atomic mass is 10.5. The second kappa shape index (κ2) is 2.30. The third-order valence-corrected chi connectivity index (χ3v) is 0.892. The number of anilines is 1. The van der Waals surface area contributed by atoms with E-state index in [9.17, 15) is 4.79 Å². The number of aromatic amines is 1. The summed E-state index contributed by atoms with van der Waals surface area (Å²) < 4.78 is 0. The number of carbonyl (C=O) groups excluding carboxylic acids is 1. The van der Waals surface area contributed by atoms with Crippen LogP contribution in [-0.2, 0) is 4.79 Å². The van der Waals surface area contributed by atoms with Gasteiger partial charge in [0.25, 0.3) is 0 Å². The fraction of sp³-hybridized carbons (Fsp3) is 0.200. The second-order valence-corrected chi connectivity index (χ2v) is 1.65. The third-order valence-electron chi connectivity index (χ3n) is 0.892. The lowest BCUT2D eigenvalue weighted by Crippen LogP contribution is -1.92. The van der Waals surface area contributed by atoms with E-state index >= 15 is 0 Å². The minimum absolute atomic E-state index is 0.572. The van der Waals surface area contributed by atoms with Crippen molar-refractivity contribution >= 4 is 12.2 Å². The van der Waals surface area contributed by atoms with E-state index in [1.54, 1.807) is 6.07 Å². The van der Waals surface area contributed by atoms with E-state index in [1.165, 1.54) is 6.41 Å². The van der Waals surface area contributed by atoms with Crippen molar-refractivity contribution in [1.29, 1.82) is 0 Å². The van der Waals surface area contributed by atoms with Crippen LogP contribution in [0.15, 0.2) is 6.07 Å². The Morgan fingerprint density at radius 3 is 3.11 bits per heavy atom. The fourth-order valence-electron chi connectivity index (χ4n) is 0.541. The van der Waals surface area contributed by atoms with Gasteiger partial charge in [-0.2, -0.15) is 5.10 Å². The zero-order valence-electron chi connectivity index (χ0n) is 4.93. The third kappa shape index (κ3) is 1.28. The SMILES string of the molecule is Cc1cc(N[C]=O)[nH]n1. The molecule has 1 radical (unpaired) electrons. The Balaban J connectivity index is 2.72. The normalized spacial score (nSPS) is 9.00. The lowest BCUT2D eigenvalue weighted by molar-refractivity contribution is 0.561. The first-order valence-electron chi connectivity index (χ1n) is 2.48. The van der Waals surface area contributed by atoms with Crippen LogP contribution in [0, 0.1) is 6.92 Å². The molecular weight excluding hydrogens is 118 g/mol. The highest BCUT2D eigenvalue weighted by Crippen LogP contribution is 2.00. The van der Waals surface area contributed by atoms with Gasteiger partial charge < -0.3 is 5.32 Å². The zero-order valence-corrected chi connectivity index (χ0v) is 4.93. The molecule has 0 saturated carbocycles. The van der Waals surface area contributed by atoms with Crippen LogP contribution in [0.4, 0.5) is 5.82 Å². The number of hydrogen-bond donors (Lipinski definition) is 2. The van der Waals surface area contributed by atoms with Gasteiger partial charge in [0.15, 0.2) is 0 Å². The molecular formula is C5H6N3O. The van der Waals surface area contributed by atoms with Crippen molar-refractivity contribution in [3.63, 3.8) is 0 Å². The molecule has 1 amide bonds. The Morgan fingerprint density at radius 2 is 2.67 bits per heavy atom. The highest BCUT2D eigenvalue weighted by atomic mass is 16.1. The summed E-state index contributed by atoms with van der Waals surface area (Å²) in [5.74, 6) is 0.572. The number of H-pyrrole nitrogens is 1. The summed E-state index contributed by atoms with van der Waals surface area (Å²) in [5.41, 5.74) is 0.841. The molecule has 0 aliphatic heterocycles. The average Bonchev–Trinajstić information content (AvgIpc) is 2.17. The molecule has 0 unspecified atom stereocenters. The van der Waals surface area contributed by atoms with Crippen molar-refractivity contribution < 1.29 is 4.79 Å². The molecule has 2 N–H and O–H groups in total. The summed E-state index contributed by atoms with van der Waals surface area (Å²) in [7, 11) is 0. The van der Waals surface area contributed by atoms with Gasteiger partial charge in [-0.3, -0.25) is 9.89 Å². The van der Waals surface area contributed by atoms with E-state index in [4.69, 9.17) is 0 Å². The fourth-order valence-corrected chi connectivity index (χ4v) is 0.541. The Kier molecular flexibility index (Phi) is 1.48. The molecule has 0 aliphatic carbocycles. The summed E-state index contributed by atoms with van der Waals surface area (Å²) >= 11 is 0. The number of amides is 1. The number of aromatic nitrogens is 2. The van der Waals surface area contributed by atoms with Gasteiger partial charge in [0.1, 0.15) is 5.82 Å². The Labute approximate surface area is 52.3 Å². The van der Waals surface area contributed by atoms with Gasteiger partial charge in [0.05, 0.1) is 5.69 Å². The number of nitrogens with one attached hydrogen (secondary N) is 2. The molecule has 1 aromatic rings. The summed E-state index contributed by atoms with van der Waals surface area (Å²) in [5, 5.41) is 8.66. The van der Waals surface area contributed by atoms with E-state index < -0.39 is 0 Å². The molecule has 0 saturated heterocycles.